The number of aliphatic imine (C=N–C) groups is 1. The van der Waals surface area contributed by atoms with Crippen LogP contribution in [0, 0.1) is 5.92 Å². The van der Waals surface area contributed by atoms with E-state index in [0.717, 1.165) is 63.2 Å². The van der Waals surface area contributed by atoms with Crippen molar-refractivity contribution in [2.45, 2.75) is 31.7 Å². The molecule has 2 aliphatic rings. The third kappa shape index (κ3) is 6.79. The molecule has 8 heteroatoms. The summed E-state index contributed by atoms with van der Waals surface area (Å²) >= 11 is 0. The van der Waals surface area contributed by atoms with Crippen LogP contribution >= 0.6 is 24.0 Å². The number of ether oxygens (including phenoxy) is 1. The summed E-state index contributed by atoms with van der Waals surface area (Å²) < 4.78 is 11.3. The molecule has 182 valence electrons. The van der Waals surface area contributed by atoms with Gasteiger partial charge in [0.1, 0.15) is 11.5 Å². The van der Waals surface area contributed by atoms with Crippen molar-refractivity contribution < 1.29 is 9.15 Å². The number of benzene rings is 1. The first kappa shape index (κ1) is 25.7. The topological polar surface area (TPSA) is 65.3 Å². The van der Waals surface area contributed by atoms with Crippen LogP contribution in [0.15, 0.2) is 52.1 Å². The highest BCUT2D eigenvalue weighted by atomic mass is 127. The van der Waals surface area contributed by atoms with E-state index in [1.165, 1.54) is 24.9 Å². The van der Waals surface area contributed by atoms with Gasteiger partial charge >= 0.3 is 0 Å². The zero-order valence-corrected chi connectivity index (χ0v) is 22.2. The van der Waals surface area contributed by atoms with E-state index < -0.39 is 0 Å². The van der Waals surface area contributed by atoms with E-state index in [4.69, 9.17) is 9.15 Å². The van der Waals surface area contributed by atoms with Crippen LogP contribution in [0.4, 0.5) is 5.69 Å². The monoisotopic (exact) mass is 567 g/mol. The summed E-state index contributed by atoms with van der Waals surface area (Å²) in [6.45, 7) is 6.01. The number of para-hydroxylation sites is 2. The van der Waals surface area contributed by atoms with Crippen molar-refractivity contribution in [1.29, 1.82) is 0 Å². The van der Waals surface area contributed by atoms with E-state index >= 15 is 0 Å². The second-order valence-corrected chi connectivity index (χ2v) is 8.73. The first-order chi connectivity index (χ1) is 15.8. The number of furan rings is 1. The lowest BCUT2D eigenvalue weighted by Gasteiger charge is -2.33. The first-order valence-electron chi connectivity index (χ1n) is 11.9. The number of rotatable bonds is 8. The lowest BCUT2D eigenvalue weighted by Crippen LogP contribution is -2.45. The number of hydrogen-bond donors (Lipinski definition) is 2. The molecule has 0 radical (unpaired) electrons. The van der Waals surface area contributed by atoms with Gasteiger partial charge in [-0.3, -0.25) is 9.89 Å². The summed E-state index contributed by atoms with van der Waals surface area (Å²) in [5.74, 6) is 3.40. The summed E-state index contributed by atoms with van der Waals surface area (Å²) in [7, 11) is 3.58. The Kier molecular flexibility index (Phi) is 10.2. The number of nitrogens with zero attached hydrogens (tertiary/aromatic N) is 3. The summed E-state index contributed by atoms with van der Waals surface area (Å²) in [6.07, 6.45) is 6.77. The molecule has 0 saturated carbocycles. The maximum absolute atomic E-state index is 5.77. The van der Waals surface area contributed by atoms with E-state index in [1.807, 2.05) is 25.2 Å². The molecular formula is C25H38IN5O2. The Balaban J connectivity index is 0.00000306. The molecule has 1 aromatic carbocycles. The molecule has 2 aromatic rings. The largest absolute Gasteiger partial charge is 0.495 e. The lowest BCUT2D eigenvalue weighted by atomic mass is 10.1. The van der Waals surface area contributed by atoms with Gasteiger partial charge in [0, 0.05) is 33.2 Å². The molecule has 1 aromatic heterocycles. The molecule has 0 amide bonds. The molecule has 0 bridgehead atoms. The maximum Gasteiger partial charge on any atom is 0.191 e. The molecule has 2 atom stereocenters. The van der Waals surface area contributed by atoms with Crippen LogP contribution in [0.1, 0.15) is 37.5 Å². The van der Waals surface area contributed by atoms with Gasteiger partial charge in [-0.1, -0.05) is 18.6 Å². The zero-order valence-electron chi connectivity index (χ0n) is 19.8. The summed E-state index contributed by atoms with van der Waals surface area (Å²) in [6, 6.07) is 12.6. The van der Waals surface area contributed by atoms with Crippen molar-refractivity contribution in [3.63, 3.8) is 0 Å². The van der Waals surface area contributed by atoms with Gasteiger partial charge in [0.15, 0.2) is 5.96 Å². The molecule has 2 unspecified atom stereocenters. The van der Waals surface area contributed by atoms with Crippen LogP contribution in [0.2, 0.25) is 0 Å². The molecule has 0 spiro atoms. The molecule has 33 heavy (non-hydrogen) atoms. The highest BCUT2D eigenvalue weighted by molar-refractivity contribution is 14.0. The molecule has 4 rings (SSSR count). The highest BCUT2D eigenvalue weighted by Crippen LogP contribution is 2.31. The first-order valence-corrected chi connectivity index (χ1v) is 11.9. The van der Waals surface area contributed by atoms with Gasteiger partial charge in [-0.05, 0) is 62.5 Å². The average Bonchev–Trinajstić information content (AvgIpc) is 3.54. The minimum absolute atomic E-state index is 0. The van der Waals surface area contributed by atoms with Crippen LogP contribution in [0.25, 0.3) is 0 Å². The third-order valence-corrected chi connectivity index (χ3v) is 6.66. The van der Waals surface area contributed by atoms with Crippen molar-refractivity contribution in [1.82, 2.24) is 15.5 Å². The molecule has 2 aliphatic heterocycles. The minimum atomic E-state index is 0. The Morgan fingerprint density at radius 3 is 2.67 bits per heavy atom. The van der Waals surface area contributed by atoms with E-state index in [9.17, 15) is 0 Å². The van der Waals surface area contributed by atoms with Gasteiger partial charge in [0.2, 0.25) is 0 Å². The van der Waals surface area contributed by atoms with Crippen LogP contribution in [0.5, 0.6) is 5.75 Å². The van der Waals surface area contributed by atoms with Gasteiger partial charge in [-0.25, -0.2) is 0 Å². The quantitative estimate of drug-likeness (QED) is 0.284. The number of nitrogens with one attached hydrogen (secondary N) is 2. The molecular weight excluding hydrogens is 529 g/mol. The molecule has 3 heterocycles. The summed E-state index contributed by atoms with van der Waals surface area (Å²) in [5, 5.41) is 7.09. The Hall–Kier alpha value is -1.94. The third-order valence-electron chi connectivity index (χ3n) is 6.66. The normalized spacial score (nSPS) is 20.2. The number of likely N-dealkylation sites (tertiary alicyclic amines) is 1. The Morgan fingerprint density at radius 1 is 1.12 bits per heavy atom. The number of hydrogen-bond acceptors (Lipinski definition) is 5. The van der Waals surface area contributed by atoms with Crippen molar-refractivity contribution in [3.05, 3.63) is 48.4 Å². The van der Waals surface area contributed by atoms with Crippen LogP contribution < -0.4 is 20.3 Å². The molecule has 2 saturated heterocycles. The van der Waals surface area contributed by atoms with E-state index in [0.29, 0.717) is 5.92 Å². The summed E-state index contributed by atoms with van der Waals surface area (Å²) in [4.78, 5) is 9.42. The number of halogens is 1. The van der Waals surface area contributed by atoms with Crippen molar-refractivity contribution in [2.75, 3.05) is 58.3 Å². The van der Waals surface area contributed by atoms with E-state index in [1.54, 1.807) is 13.4 Å². The number of guanidine groups is 1. The molecule has 2 fully saturated rings. The molecule has 7 nitrogen and oxygen atoms in total. The average molecular weight is 568 g/mol. The van der Waals surface area contributed by atoms with Crippen LogP contribution in [-0.4, -0.2) is 64.3 Å². The maximum atomic E-state index is 5.77. The van der Waals surface area contributed by atoms with E-state index in [-0.39, 0.29) is 30.0 Å². The number of anilines is 1. The van der Waals surface area contributed by atoms with Gasteiger partial charge < -0.3 is 24.7 Å². The molecule has 2 N–H and O–H groups in total. The SMILES string of the molecule is CN=C(NCC1CCN(c2ccccc2OC)C1)NCC(c1ccco1)N1CCCCC1.I. The van der Waals surface area contributed by atoms with Gasteiger partial charge in [0.25, 0.3) is 0 Å². The van der Waals surface area contributed by atoms with Gasteiger partial charge in [-0.2, -0.15) is 0 Å². The lowest BCUT2D eigenvalue weighted by molar-refractivity contribution is 0.146. The smallest absolute Gasteiger partial charge is 0.191 e. The zero-order chi connectivity index (χ0) is 22.2. The van der Waals surface area contributed by atoms with Gasteiger partial charge in [-0.15, -0.1) is 24.0 Å². The van der Waals surface area contributed by atoms with Crippen molar-refractivity contribution in [3.8, 4) is 5.75 Å². The highest BCUT2D eigenvalue weighted by Gasteiger charge is 2.26. The summed E-state index contributed by atoms with van der Waals surface area (Å²) in [5.41, 5.74) is 1.18. The number of piperidine rings is 1. The second kappa shape index (κ2) is 13.1. The van der Waals surface area contributed by atoms with Crippen molar-refractivity contribution in [2.24, 2.45) is 10.9 Å². The fourth-order valence-corrected chi connectivity index (χ4v) is 4.88. The second-order valence-electron chi connectivity index (χ2n) is 8.73. The van der Waals surface area contributed by atoms with Crippen LogP contribution in [-0.2, 0) is 0 Å². The van der Waals surface area contributed by atoms with E-state index in [2.05, 4.69) is 43.6 Å². The Bertz CT molecular complexity index is 854. The minimum Gasteiger partial charge on any atom is -0.495 e. The Morgan fingerprint density at radius 2 is 1.94 bits per heavy atom. The Labute approximate surface area is 215 Å². The predicted molar refractivity (Wildman–Crippen MR) is 145 cm³/mol. The fourth-order valence-electron chi connectivity index (χ4n) is 4.88. The van der Waals surface area contributed by atoms with Gasteiger partial charge in [0.05, 0.1) is 25.1 Å². The standard InChI is InChI=1S/C25H37N5O2.HI/c1-26-25(28-18-22(24-11-8-16-32-24)29-13-6-3-7-14-29)27-17-20-12-15-30(19-20)21-9-4-5-10-23(21)31-2;/h4-5,8-11,16,20,22H,3,6-7,12-15,17-19H2,1-2H3,(H2,26,27,28);1H. The molecule has 0 aliphatic carbocycles. The predicted octanol–water partition coefficient (Wildman–Crippen LogP) is 4.12. The fraction of sp³-hybridized carbons (Fsp3) is 0.560. The van der Waals surface area contributed by atoms with Crippen molar-refractivity contribution >= 4 is 35.6 Å². The van der Waals surface area contributed by atoms with Crippen LogP contribution in [0.3, 0.4) is 0 Å². The number of methoxy groups -OCH3 is 1.